The highest BCUT2D eigenvalue weighted by Crippen LogP contribution is 2.38. The van der Waals surface area contributed by atoms with Gasteiger partial charge in [0.1, 0.15) is 5.82 Å². The SMILES string of the molecule is C=C/C(=C(/CC1CC1)N(C)C)c1nc(C)ncc1Cl. The van der Waals surface area contributed by atoms with Crippen LogP contribution in [0.15, 0.2) is 24.5 Å². The highest BCUT2D eigenvalue weighted by molar-refractivity contribution is 6.32. The Morgan fingerprint density at radius 1 is 1.53 bits per heavy atom. The average Bonchev–Trinajstić information content (AvgIpc) is 3.17. The number of hydrogen-bond acceptors (Lipinski definition) is 3. The third kappa shape index (κ3) is 3.35. The number of aromatic nitrogens is 2. The van der Waals surface area contributed by atoms with E-state index < -0.39 is 0 Å². The summed E-state index contributed by atoms with van der Waals surface area (Å²) in [7, 11) is 4.12. The van der Waals surface area contributed by atoms with Crippen LogP contribution in [0.3, 0.4) is 0 Å². The van der Waals surface area contributed by atoms with Crippen LogP contribution in [0.5, 0.6) is 0 Å². The Kier molecular flexibility index (Phi) is 4.25. The molecule has 1 aliphatic rings. The van der Waals surface area contributed by atoms with Crippen molar-refractivity contribution >= 4 is 17.2 Å². The molecule has 0 radical (unpaired) electrons. The monoisotopic (exact) mass is 277 g/mol. The molecule has 1 heterocycles. The first-order valence-electron chi connectivity index (χ1n) is 6.55. The van der Waals surface area contributed by atoms with Crippen LogP contribution in [0, 0.1) is 12.8 Å². The quantitative estimate of drug-likeness (QED) is 0.769. The highest BCUT2D eigenvalue weighted by atomic mass is 35.5. The van der Waals surface area contributed by atoms with Crippen molar-refractivity contribution in [1.82, 2.24) is 14.9 Å². The van der Waals surface area contributed by atoms with E-state index in [9.17, 15) is 0 Å². The summed E-state index contributed by atoms with van der Waals surface area (Å²) in [5.41, 5.74) is 3.05. The molecule has 4 heteroatoms. The predicted molar refractivity (Wildman–Crippen MR) is 79.9 cm³/mol. The van der Waals surface area contributed by atoms with E-state index in [0.29, 0.717) is 5.02 Å². The molecule has 0 atom stereocenters. The molecule has 0 aliphatic heterocycles. The number of halogens is 1. The minimum absolute atomic E-state index is 0.579. The molecular weight excluding hydrogens is 258 g/mol. The molecule has 0 spiro atoms. The molecule has 0 saturated heterocycles. The number of hydrogen-bond donors (Lipinski definition) is 0. The summed E-state index contributed by atoms with van der Waals surface area (Å²) in [5, 5.41) is 0.579. The van der Waals surface area contributed by atoms with Gasteiger partial charge in [-0.3, -0.25) is 0 Å². The highest BCUT2D eigenvalue weighted by Gasteiger charge is 2.25. The molecule has 2 rings (SSSR count). The van der Waals surface area contributed by atoms with Crippen molar-refractivity contribution in [3.63, 3.8) is 0 Å². The van der Waals surface area contributed by atoms with Crippen LogP contribution in [-0.4, -0.2) is 29.0 Å². The average molecular weight is 278 g/mol. The number of rotatable bonds is 5. The van der Waals surface area contributed by atoms with E-state index in [4.69, 9.17) is 11.6 Å². The van der Waals surface area contributed by atoms with Crippen molar-refractivity contribution in [3.8, 4) is 0 Å². The normalized spacial score (nSPS) is 16.0. The van der Waals surface area contributed by atoms with E-state index in [0.717, 1.165) is 29.4 Å². The Labute approximate surface area is 120 Å². The van der Waals surface area contributed by atoms with E-state index >= 15 is 0 Å². The first-order valence-corrected chi connectivity index (χ1v) is 6.93. The largest absolute Gasteiger partial charge is 0.380 e. The van der Waals surface area contributed by atoms with Gasteiger partial charge in [-0.25, -0.2) is 9.97 Å². The van der Waals surface area contributed by atoms with E-state index in [1.165, 1.54) is 18.5 Å². The number of allylic oxidation sites excluding steroid dienone is 3. The zero-order valence-corrected chi connectivity index (χ0v) is 12.5. The van der Waals surface area contributed by atoms with Crippen LogP contribution >= 0.6 is 11.6 Å². The van der Waals surface area contributed by atoms with Gasteiger partial charge in [0.15, 0.2) is 0 Å². The second-order valence-corrected chi connectivity index (χ2v) is 5.63. The van der Waals surface area contributed by atoms with Crippen molar-refractivity contribution in [3.05, 3.63) is 41.1 Å². The molecule has 1 aromatic heterocycles. The van der Waals surface area contributed by atoms with Crippen molar-refractivity contribution < 1.29 is 0 Å². The molecule has 0 aromatic carbocycles. The lowest BCUT2D eigenvalue weighted by Gasteiger charge is -2.21. The van der Waals surface area contributed by atoms with E-state index in [1.54, 1.807) is 6.20 Å². The van der Waals surface area contributed by atoms with Gasteiger partial charge in [-0.2, -0.15) is 0 Å². The van der Waals surface area contributed by atoms with Gasteiger partial charge >= 0.3 is 0 Å². The molecule has 0 amide bonds. The van der Waals surface area contributed by atoms with Crippen molar-refractivity contribution in [2.24, 2.45) is 5.92 Å². The summed E-state index contributed by atoms with van der Waals surface area (Å²) in [4.78, 5) is 10.7. The van der Waals surface area contributed by atoms with Gasteiger partial charge in [-0.05, 0) is 32.1 Å². The standard InChI is InChI=1S/C15H20ClN3/c1-5-12(14(19(3)4)8-11-6-7-11)15-13(16)9-17-10(2)18-15/h5,9,11H,1,6-8H2,2-4H3/b14-12+. The minimum atomic E-state index is 0.579. The lowest BCUT2D eigenvalue weighted by Crippen LogP contribution is -2.14. The molecule has 1 fully saturated rings. The molecule has 1 saturated carbocycles. The van der Waals surface area contributed by atoms with E-state index in [1.807, 2.05) is 13.0 Å². The van der Waals surface area contributed by atoms with Crippen LogP contribution in [0.2, 0.25) is 5.02 Å². The Morgan fingerprint density at radius 2 is 2.21 bits per heavy atom. The van der Waals surface area contributed by atoms with Crippen molar-refractivity contribution in [1.29, 1.82) is 0 Å². The van der Waals surface area contributed by atoms with Gasteiger partial charge in [-0.1, -0.05) is 24.3 Å². The van der Waals surface area contributed by atoms with Crippen LogP contribution in [0.1, 0.15) is 30.8 Å². The maximum absolute atomic E-state index is 6.25. The third-order valence-corrected chi connectivity index (χ3v) is 3.63. The van der Waals surface area contributed by atoms with Gasteiger partial charge in [0.05, 0.1) is 10.7 Å². The van der Waals surface area contributed by atoms with E-state index in [-0.39, 0.29) is 0 Å². The summed E-state index contributed by atoms with van der Waals surface area (Å²) in [5.74, 6) is 1.53. The second kappa shape index (κ2) is 5.74. The maximum atomic E-state index is 6.25. The van der Waals surface area contributed by atoms with Gasteiger partial charge in [-0.15, -0.1) is 0 Å². The topological polar surface area (TPSA) is 29.0 Å². The van der Waals surface area contributed by atoms with Gasteiger partial charge in [0.2, 0.25) is 0 Å². The van der Waals surface area contributed by atoms with Gasteiger partial charge in [0.25, 0.3) is 0 Å². The van der Waals surface area contributed by atoms with Gasteiger partial charge < -0.3 is 4.90 Å². The summed E-state index contributed by atoms with van der Waals surface area (Å²) in [6.45, 7) is 5.81. The fraction of sp³-hybridized carbons (Fsp3) is 0.467. The predicted octanol–water partition coefficient (Wildman–Crippen LogP) is 3.70. The Bertz CT molecular complexity index is 516. The first-order chi connectivity index (χ1) is 9.02. The Balaban J connectivity index is 2.49. The number of aryl methyl sites for hydroxylation is 1. The zero-order valence-electron chi connectivity index (χ0n) is 11.8. The summed E-state index contributed by atoms with van der Waals surface area (Å²) >= 11 is 6.25. The molecule has 0 N–H and O–H groups in total. The lowest BCUT2D eigenvalue weighted by molar-refractivity contribution is 0.478. The van der Waals surface area contributed by atoms with Crippen molar-refractivity contribution in [2.75, 3.05) is 14.1 Å². The molecule has 0 bridgehead atoms. The smallest absolute Gasteiger partial charge is 0.125 e. The number of nitrogens with zero attached hydrogens (tertiary/aromatic N) is 3. The Morgan fingerprint density at radius 3 is 2.74 bits per heavy atom. The van der Waals surface area contributed by atoms with Gasteiger partial charge in [0, 0.05) is 31.6 Å². The molecule has 0 unspecified atom stereocenters. The fourth-order valence-corrected chi connectivity index (χ4v) is 2.32. The Hall–Kier alpha value is -1.35. The molecule has 102 valence electrons. The van der Waals surface area contributed by atoms with Crippen LogP contribution in [0.4, 0.5) is 0 Å². The van der Waals surface area contributed by atoms with Crippen LogP contribution in [0.25, 0.3) is 5.57 Å². The minimum Gasteiger partial charge on any atom is -0.380 e. The van der Waals surface area contributed by atoms with Crippen LogP contribution < -0.4 is 0 Å². The zero-order chi connectivity index (χ0) is 14.0. The second-order valence-electron chi connectivity index (χ2n) is 5.22. The van der Waals surface area contributed by atoms with Crippen LogP contribution in [-0.2, 0) is 0 Å². The molecule has 3 nitrogen and oxygen atoms in total. The third-order valence-electron chi connectivity index (χ3n) is 3.35. The lowest BCUT2D eigenvalue weighted by atomic mass is 10.0. The van der Waals surface area contributed by atoms with E-state index in [2.05, 4.69) is 35.5 Å². The summed E-state index contributed by atoms with van der Waals surface area (Å²) in [6.07, 6.45) is 7.21. The molecular formula is C15H20ClN3. The first kappa shape index (κ1) is 14.1. The summed E-state index contributed by atoms with van der Waals surface area (Å²) in [6, 6.07) is 0. The molecule has 1 aromatic rings. The van der Waals surface area contributed by atoms with Crippen molar-refractivity contribution in [2.45, 2.75) is 26.2 Å². The maximum Gasteiger partial charge on any atom is 0.125 e. The molecule has 19 heavy (non-hydrogen) atoms. The summed E-state index contributed by atoms with van der Waals surface area (Å²) < 4.78 is 0. The fourth-order valence-electron chi connectivity index (χ4n) is 2.12. The molecule has 1 aliphatic carbocycles.